The van der Waals surface area contributed by atoms with Crippen LogP contribution in [0.2, 0.25) is 0 Å². The number of nitrogen functional groups attached to an aromatic ring is 1. The van der Waals surface area contributed by atoms with E-state index in [-0.39, 0.29) is 11.7 Å². The third-order valence-electron chi connectivity index (χ3n) is 3.14. The lowest BCUT2D eigenvalue weighted by Gasteiger charge is -2.12. The number of H-pyrrole nitrogens is 1. The fraction of sp³-hybridized carbons (Fsp3) is 0.154. The van der Waals surface area contributed by atoms with E-state index >= 15 is 0 Å². The quantitative estimate of drug-likeness (QED) is 0.722. The summed E-state index contributed by atoms with van der Waals surface area (Å²) in [6.45, 7) is 1.93. The third kappa shape index (κ3) is 1.87. The van der Waals surface area contributed by atoms with E-state index in [0.29, 0.717) is 17.0 Å². The Bertz CT molecular complexity index is 775. The molecule has 3 heterocycles. The van der Waals surface area contributed by atoms with Crippen LogP contribution >= 0.6 is 0 Å². The molecule has 96 valence electrons. The van der Waals surface area contributed by atoms with E-state index in [4.69, 9.17) is 5.73 Å². The van der Waals surface area contributed by atoms with Gasteiger partial charge in [0, 0.05) is 12.4 Å². The van der Waals surface area contributed by atoms with Crippen LogP contribution in [0.4, 0.5) is 5.82 Å². The van der Waals surface area contributed by atoms with Crippen LogP contribution in [0.1, 0.15) is 18.5 Å². The second kappa shape index (κ2) is 4.24. The summed E-state index contributed by atoms with van der Waals surface area (Å²) in [5.41, 5.74) is 7.66. The monoisotopic (exact) mass is 255 g/mol. The van der Waals surface area contributed by atoms with Gasteiger partial charge in [0.1, 0.15) is 5.82 Å². The lowest BCUT2D eigenvalue weighted by Crippen LogP contribution is -2.21. The van der Waals surface area contributed by atoms with Gasteiger partial charge in [0.25, 0.3) is 0 Å². The first-order chi connectivity index (χ1) is 9.16. The number of aromatic amines is 1. The van der Waals surface area contributed by atoms with Gasteiger partial charge in [0.05, 0.1) is 11.6 Å². The largest absolute Gasteiger partial charge is 0.384 e. The van der Waals surface area contributed by atoms with Crippen LogP contribution in [0, 0.1) is 0 Å². The zero-order valence-electron chi connectivity index (χ0n) is 10.4. The summed E-state index contributed by atoms with van der Waals surface area (Å²) in [4.78, 5) is 23.1. The smallest absolute Gasteiger partial charge is 0.328 e. The average Bonchev–Trinajstić information content (AvgIpc) is 2.74. The first kappa shape index (κ1) is 11.5. The lowest BCUT2D eigenvalue weighted by atomic mass is 10.1. The number of nitrogens with two attached hydrogens (primary N) is 1. The molecule has 6 heteroatoms. The Morgan fingerprint density at radius 2 is 2.21 bits per heavy atom. The summed E-state index contributed by atoms with van der Waals surface area (Å²) in [6.07, 6.45) is 3.44. The summed E-state index contributed by atoms with van der Waals surface area (Å²) in [6, 6.07) is 7.02. The van der Waals surface area contributed by atoms with Crippen molar-refractivity contribution in [2.75, 3.05) is 5.73 Å². The molecule has 0 aliphatic rings. The van der Waals surface area contributed by atoms with Gasteiger partial charge < -0.3 is 10.7 Å². The van der Waals surface area contributed by atoms with Crippen molar-refractivity contribution >= 4 is 17.0 Å². The molecule has 1 unspecified atom stereocenters. The van der Waals surface area contributed by atoms with Crippen LogP contribution < -0.4 is 11.4 Å². The maximum absolute atomic E-state index is 12.1. The number of anilines is 1. The van der Waals surface area contributed by atoms with Crippen molar-refractivity contribution < 1.29 is 0 Å². The number of nitrogens with one attached hydrogen (secondary N) is 1. The predicted octanol–water partition coefficient (Wildman–Crippen LogP) is 1.31. The molecule has 0 aromatic carbocycles. The lowest BCUT2D eigenvalue weighted by molar-refractivity contribution is 0.628. The molecule has 0 aliphatic carbocycles. The molecule has 0 bridgehead atoms. The minimum absolute atomic E-state index is 0.163. The highest BCUT2D eigenvalue weighted by Gasteiger charge is 2.16. The summed E-state index contributed by atoms with van der Waals surface area (Å²) < 4.78 is 1.59. The molecule has 3 aromatic heterocycles. The molecular weight excluding hydrogens is 242 g/mol. The Hall–Kier alpha value is -2.63. The van der Waals surface area contributed by atoms with E-state index in [1.807, 2.05) is 19.1 Å². The Morgan fingerprint density at radius 1 is 1.37 bits per heavy atom. The highest BCUT2D eigenvalue weighted by Crippen LogP contribution is 2.19. The molecule has 0 aliphatic heterocycles. The molecular formula is C13H13N5O. The summed E-state index contributed by atoms with van der Waals surface area (Å²) in [7, 11) is 0. The molecule has 0 radical (unpaired) electrons. The number of fused-ring (bicyclic) bond motifs is 1. The average molecular weight is 255 g/mol. The van der Waals surface area contributed by atoms with Crippen LogP contribution in [0.3, 0.4) is 0 Å². The summed E-state index contributed by atoms with van der Waals surface area (Å²) in [5.74, 6) is 0.388. The molecule has 6 nitrogen and oxygen atoms in total. The van der Waals surface area contributed by atoms with E-state index in [9.17, 15) is 4.79 Å². The number of rotatable bonds is 2. The number of imidazole rings is 1. The molecule has 1 atom stereocenters. The van der Waals surface area contributed by atoms with Gasteiger partial charge in [0.15, 0.2) is 5.65 Å². The molecule has 0 spiro atoms. The zero-order chi connectivity index (χ0) is 13.4. The Morgan fingerprint density at radius 3 is 2.95 bits per heavy atom. The maximum atomic E-state index is 12.1. The fourth-order valence-corrected chi connectivity index (χ4v) is 2.15. The first-order valence-electron chi connectivity index (χ1n) is 5.93. The Kier molecular flexibility index (Phi) is 2.56. The third-order valence-corrected chi connectivity index (χ3v) is 3.14. The van der Waals surface area contributed by atoms with Crippen molar-refractivity contribution in [1.29, 1.82) is 0 Å². The van der Waals surface area contributed by atoms with Crippen LogP contribution in [-0.4, -0.2) is 19.5 Å². The second-order valence-corrected chi connectivity index (χ2v) is 4.37. The van der Waals surface area contributed by atoms with Crippen molar-refractivity contribution in [2.45, 2.75) is 13.0 Å². The van der Waals surface area contributed by atoms with Crippen LogP contribution in [0.5, 0.6) is 0 Å². The molecule has 0 saturated carbocycles. The topological polar surface area (TPSA) is 89.6 Å². The number of aromatic nitrogens is 4. The molecule has 3 aromatic rings. The second-order valence-electron chi connectivity index (χ2n) is 4.37. The predicted molar refractivity (Wildman–Crippen MR) is 72.8 cm³/mol. The van der Waals surface area contributed by atoms with Crippen LogP contribution in [-0.2, 0) is 0 Å². The normalized spacial score (nSPS) is 12.7. The van der Waals surface area contributed by atoms with Gasteiger partial charge >= 0.3 is 5.69 Å². The first-order valence-corrected chi connectivity index (χ1v) is 5.93. The minimum atomic E-state index is -0.204. The van der Waals surface area contributed by atoms with E-state index in [0.717, 1.165) is 5.56 Å². The van der Waals surface area contributed by atoms with Gasteiger partial charge in [-0.25, -0.2) is 9.78 Å². The van der Waals surface area contributed by atoms with Crippen molar-refractivity contribution in [3.63, 3.8) is 0 Å². The van der Waals surface area contributed by atoms with Crippen molar-refractivity contribution in [3.05, 3.63) is 52.7 Å². The van der Waals surface area contributed by atoms with E-state index in [1.54, 1.807) is 29.1 Å². The van der Waals surface area contributed by atoms with E-state index in [2.05, 4.69) is 15.0 Å². The van der Waals surface area contributed by atoms with Crippen LogP contribution in [0.25, 0.3) is 11.2 Å². The van der Waals surface area contributed by atoms with Crippen LogP contribution in [0.15, 0.2) is 41.5 Å². The fourth-order valence-electron chi connectivity index (χ4n) is 2.15. The summed E-state index contributed by atoms with van der Waals surface area (Å²) in [5, 5.41) is 0. The minimum Gasteiger partial charge on any atom is -0.384 e. The number of hydrogen-bond donors (Lipinski definition) is 2. The van der Waals surface area contributed by atoms with Gasteiger partial charge in [-0.05, 0) is 30.7 Å². The van der Waals surface area contributed by atoms with Gasteiger partial charge in [-0.3, -0.25) is 9.55 Å². The molecule has 0 amide bonds. The van der Waals surface area contributed by atoms with Gasteiger partial charge in [-0.15, -0.1) is 0 Å². The number of pyridine rings is 2. The zero-order valence-corrected chi connectivity index (χ0v) is 10.4. The van der Waals surface area contributed by atoms with E-state index < -0.39 is 0 Å². The van der Waals surface area contributed by atoms with Crippen molar-refractivity contribution in [2.24, 2.45) is 0 Å². The standard InChI is InChI=1S/C13H13N5O/c1-8(9-3-2-6-15-7-9)18-12-10(16-13(18)19)4-5-11(14)17-12/h2-8H,1H3,(H2,14,17)(H,16,19). The number of nitrogens with zero attached hydrogens (tertiary/aromatic N) is 3. The molecule has 19 heavy (non-hydrogen) atoms. The summed E-state index contributed by atoms with van der Waals surface area (Å²) >= 11 is 0. The molecule has 3 N–H and O–H groups in total. The highest BCUT2D eigenvalue weighted by molar-refractivity contribution is 5.72. The van der Waals surface area contributed by atoms with Crippen molar-refractivity contribution in [1.82, 2.24) is 19.5 Å². The maximum Gasteiger partial charge on any atom is 0.328 e. The van der Waals surface area contributed by atoms with Crippen molar-refractivity contribution in [3.8, 4) is 0 Å². The van der Waals surface area contributed by atoms with E-state index in [1.165, 1.54) is 0 Å². The molecule has 0 saturated heterocycles. The Balaban J connectivity index is 2.22. The van der Waals surface area contributed by atoms with Gasteiger partial charge in [-0.2, -0.15) is 0 Å². The Labute approximate surface area is 108 Å². The molecule has 0 fully saturated rings. The van der Waals surface area contributed by atoms with Gasteiger partial charge in [-0.1, -0.05) is 6.07 Å². The molecule has 3 rings (SSSR count). The highest BCUT2D eigenvalue weighted by atomic mass is 16.1. The SMILES string of the molecule is CC(c1cccnc1)n1c(=O)[nH]c2ccc(N)nc21. The van der Waals surface area contributed by atoms with Gasteiger partial charge in [0.2, 0.25) is 0 Å². The number of hydrogen-bond acceptors (Lipinski definition) is 4.